The number of alkyl halides is 1. The lowest BCUT2D eigenvalue weighted by atomic mass is 10.1. The van der Waals surface area contributed by atoms with Crippen molar-refractivity contribution in [1.29, 1.82) is 0 Å². The van der Waals surface area contributed by atoms with E-state index in [0.717, 1.165) is 36.3 Å². The predicted molar refractivity (Wildman–Crippen MR) is 83.7 cm³/mol. The average molecular weight is 290 g/mol. The molecule has 0 fully saturated rings. The first-order chi connectivity index (χ1) is 9.76. The molecule has 0 aliphatic rings. The van der Waals surface area contributed by atoms with Crippen molar-refractivity contribution in [1.82, 2.24) is 4.98 Å². The highest BCUT2D eigenvalue weighted by molar-refractivity contribution is 6.17. The summed E-state index contributed by atoms with van der Waals surface area (Å²) in [6.45, 7) is 4.26. The minimum absolute atomic E-state index is 0.477. The molecular weight excluding hydrogens is 270 g/mol. The summed E-state index contributed by atoms with van der Waals surface area (Å²) in [7, 11) is 0. The Morgan fingerprint density at radius 3 is 2.65 bits per heavy atom. The van der Waals surface area contributed by atoms with Gasteiger partial charge in [-0.1, -0.05) is 38.5 Å². The van der Waals surface area contributed by atoms with E-state index in [1.165, 1.54) is 5.56 Å². The molecule has 1 heterocycles. The zero-order valence-corrected chi connectivity index (χ0v) is 12.8. The van der Waals surface area contributed by atoms with Gasteiger partial charge in [0.15, 0.2) is 0 Å². The lowest BCUT2D eigenvalue weighted by Gasteiger charge is -2.11. The predicted octanol–water partition coefficient (Wildman–Crippen LogP) is 5.13. The number of hydrogen-bond donors (Lipinski definition) is 0. The summed E-state index contributed by atoms with van der Waals surface area (Å²) in [5.74, 6) is 1.98. The van der Waals surface area contributed by atoms with E-state index >= 15 is 0 Å². The Bertz CT molecular complexity index is 569. The van der Waals surface area contributed by atoms with Gasteiger partial charge in [0, 0.05) is 17.6 Å². The Hall–Kier alpha value is -1.54. The largest absolute Gasteiger partial charge is 0.439 e. The molecule has 0 aliphatic carbocycles. The molecule has 0 aliphatic heterocycles. The van der Waals surface area contributed by atoms with Crippen LogP contribution in [0.4, 0.5) is 0 Å². The van der Waals surface area contributed by atoms with E-state index in [4.69, 9.17) is 16.3 Å². The highest BCUT2D eigenvalue weighted by atomic mass is 35.5. The molecule has 2 rings (SSSR count). The van der Waals surface area contributed by atoms with Crippen LogP contribution in [0.5, 0.6) is 11.6 Å². The highest BCUT2D eigenvalue weighted by Gasteiger charge is 2.07. The van der Waals surface area contributed by atoms with Gasteiger partial charge in [-0.15, -0.1) is 11.6 Å². The van der Waals surface area contributed by atoms with Crippen molar-refractivity contribution >= 4 is 11.6 Å². The smallest absolute Gasteiger partial charge is 0.219 e. The molecule has 0 amide bonds. The molecule has 20 heavy (non-hydrogen) atoms. The number of aromatic nitrogens is 1. The van der Waals surface area contributed by atoms with Crippen molar-refractivity contribution in [2.75, 3.05) is 0 Å². The Labute approximate surface area is 125 Å². The van der Waals surface area contributed by atoms with Gasteiger partial charge in [0.05, 0.1) is 0 Å². The Morgan fingerprint density at radius 2 is 1.95 bits per heavy atom. The third-order valence-electron chi connectivity index (χ3n) is 3.14. The van der Waals surface area contributed by atoms with E-state index in [-0.39, 0.29) is 0 Å². The summed E-state index contributed by atoms with van der Waals surface area (Å²) in [5.41, 5.74) is 3.27. The number of pyridine rings is 1. The van der Waals surface area contributed by atoms with Gasteiger partial charge in [-0.25, -0.2) is 4.98 Å². The molecular formula is C17H20ClNO. The fourth-order valence-electron chi connectivity index (χ4n) is 2.14. The molecule has 0 spiro atoms. The Balaban J connectivity index is 2.30. The number of nitrogens with zero attached hydrogens (tertiary/aromatic N) is 1. The molecule has 0 saturated heterocycles. The summed E-state index contributed by atoms with van der Waals surface area (Å²) >= 11 is 5.95. The molecule has 0 saturated carbocycles. The van der Waals surface area contributed by atoms with Crippen molar-refractivity contribution in [3.8, 4) is 11.6 Å². The summed E-state index contributed by atoms with van der Waals surface area (Å²) in [6, 6.07) is 12.0. The summed E-state index contributed by atoms with van der Waals surface area (Å²) in [6.07, 6.45) is 2.94. The number of hydrogen-bond acceptors (Lipinski definition) is 2. The maximum atomic E-state index is 5.96. The zero-order chi connectivity index (χ0) is 14.4. The van der Waals surface area contributed by atoms with Crippen LogP contribution in [0.2, 0.25) is 0 Å². The van der Waals surface area contributed by atoms with Crippen molar-refractivity contribution in [3.63, 3.8) is 0 Å². The van der Waals surface area contributed by atoms with Crippen molar-refractivity contribution in [2.45, 2.75) is 39.0 Å². The summed E-state index contributed by atoms with van der Waals surface area (Å²) in [4.78, 5) is 4.56. The van der Waals surface area contributed by atoms with Crippen molar-refractivity contribution in [2.24, 2.45) is 0 Å². The van der Waals surface area contributed by atoms with E-state index in [1.807, 2.05) is 24.3 Å². The maximum absolute atomic E-state index is 5.96. The first-order valence-corrected chi connectivity index (χ1v) is 7.61. The van der Waals surface area contributed by atoms with Gasteiger partial charge in [0.25, 0.3) is 0 Å². The van der Waals surface area contributed by atoms with Crippen LogP contribution in [0.25, 0.3) is 0 Å². The molecule has 0 unspecified atom stereocenters. The molecule has 2 nitrogen and oxygen atoms in total. The van der Waals surface area contributed by atoms with Crippen molar-refractivity contribution < 1.29 is 4.74 Å². The second-order valence-electron chi connectivity index (χ2n) is 4.75. The SMILES string of the molecule is CCCc1cc(CCl)cc(Oc2ccccc2CC)n1. The van der Waals surface area contributed by atoms with E-state index in [9.17, 15) is 0 Å². The summed E-state index contributed by atoms with van der Waals surface area (Å²) in [5, 5.41) is 0. The van der Waals surface area contributed by atoms with Gasteiger partial charge < -0.3 is 4.74 Å². The third kappa shape index (κ3) is 3.73. The first-order valence-electron chi connectivity index (χ1n) is 7.08. The Morgan fingerprint density at radius 1 is 1.15 bits per heavy atom. The van der Waals surface area contributed by atoms with E-state index in [2.05, 4.69) is 31.0 Å². The minimum Gasteiger partial charge on any atom is -0.439 e. The van der Waals surface area contributed by atoms with Crippen LogP contribution >= 0.6 is 11.6 Å². The number of halogens is 1. The minimum atomic E-state index is 0.477. The fraction of sp³-hybridized carbons (Fsp3) is 0.353. The van der Waals surface area contributed by atoms with Crippen molar-refractivity contribution in [3.05, 3.63) is 53.2 Å². The number of ether oxygens (including phenoxy) is 1. The van der Waals surface area contributed by atoms with E-state index in [0.29, 0.717) is 11.8 Å². The van der Waals surface area contributed by atoms with Crippen LogP contribution in [-0.4, -0.2) is 4.98 Å². The molecule has 0 radical (unpaired) electrons. The van der Waals surface area contributed by atoms with Gasteiger partial charge in [0.2, 0.25) is 5.88 Å². The van der Waals surface area contributed by atoms with Crippen LogP contribution < -0.4 is 4.74 Å². The molecule has 0 bridgehead atoms. The lowest BCUT2D eigenvalue weighted by Crippen LogP contribution is -1.97. The number of aryl methyl sites for hydroxylation is 2. The maximum Gasteiger partial charge on any atom is 0.219 e. The number of rotatable bonds is 6. The van der Waals surface area contributed by atoms with Crippen LogP contribution in [0.15, 0.2) is 36.4 Å². The van der Waals surface area contributed by atoms with E-state index < -0.39 is 0 Å². The molecule has 1 aromatic carbocycles. The second kappa shape index (κ2) is 7.30. The topological polar surface area (TPSA) is 22.1 Å². The normalized spacial score (nSPS) is 10.6. The first kappa shape index (κ1) is 14.9. The van der Waals surface area contributed by atoms with Gasteiger partial charge in [0.1, 0.15) is 5.75 Å². The molecule has 1 aromatic heterocycles. The number of para-hydroxylation sites is 1. The molecule has 106 valence electrons. The molecule has 2 aromatic rings. The van der Waals surface area contributed by atoms with Gasteiger partial charge in [-0.3, -0.25) is 0 Å². The molecule has 0 atom stereocenters. The quantitative estimate of drug-likeness (QED) is 0.688. The molecule has 0 N–H and O–H groups in total. The van der Waals surface area contributed by atoms with Gasteiger partial charge in [-0.2, -0.15) is 0 Å². The monoisotopic (exact) mass is 289 g/mol. The lowest BCUT2D eigenvalue weighted by molar-refractivity contribution is 0.455. The standard InChI is InChI=1S/C17H20ClNO/c1-3-7-15-10-13(12-18)11-17(19-15)20-16-9-6-5-8-14(16)4-2/h5-6,8-11H,3-4,7,12H2,1-2H3. The zero-order valence-electron chi connectivity index (χ0n) is 12.0. The van der Waals surface area contributed by atoms with Crippen LogP contribution in [-0.2, 0) is 18.7 Å². The average Bonchev–Trinajstić information content (AvgIpc) is 2.48. The summed E-state index contributed by atoms with van der Waals surface area (Å²) < 4.78 is 5.96. The fourth-order valence-corrected chi connectivity index (χ4v) is 2.30. The molecule has 3 heteroatoms. The second-order valence-corrected chi connectivity index (χ2v) is 5.02. The third-order valence-corrected chi connectivity index (χ3v) is 3.45. The highest BCUT2D eigenvalue weighted by Crippen LogP contribution is 2.26. The number of benzene rings is 1. The Kier molecular flexibility index (Phi) is 5.42. The van der Waals surface area contributed by atoms with E-state index in [1.54, 1.807) is 0 Å². The van der Waals surface area contributed by atoms with Crippen LogP contribution in [0.3, 0.4) is 0 Å². The van der Waals surface area contributed by atoms with Crippen LogP contribution in [0.1, 0.15) is 37.1 Å². The van der Waals surface area contributed by atoms with Crippen LogP contribution in [0, 0.1) is 0 Å². The van der Waals surface area contributed by atoms with Gasteiger partial charge >= 0.3 is 0 Å². The van der Waals surface area contributed by atoms with Gasteiger partial charge in [-0.05, 0) is 36.1 Å².